The van der Waals surface area contributed by atoms with E-state index < -0.39 is 23.3 Å². The Kier molecular flexibility index (Phi) is 8.61. The number of carbonyl (C=O) groups is 4. The standard InChI is InChI=1S/C29H26N2O7S2/c1-36-21-11-9-19(10-12-21)15-38-28(34)25-20(17-40-29(35)22-8-5-13-37-22)16-39-27-24(26(33)31(25)27)30-23(32)14-18-6-3-2-4-7-18/h2-13,24,27H,14-17H2,1H3,(H,30,32)/t24?,27-/m0/s1. The molecule has 11 heteroatoms. The summed E-state index contributed by atoms with van der Waals surface area (Å²) in [4.78, 5) is 53.2. The highest BCUT2D eigenvalue weighted by Gasteiger charge is 2.54. The van der Waals surface area contributed by atoms with Gasteiger partial charge in [-0.25, -0.2) is 4.79 Å². The molecule has 2 amide bonds. The molecule has 2 aliphatic rings. The first-order valence-corrected chi connectivity index (χ1v) is 14.5. The molecule has 2 atom stereocenters. The fraction of sp³-hybridized carbons (Fsp3) is 0.241. The van der Waals surface area contributed by atoms with E-state index in [2.05, 4.69) is 5.32 Å². The van der Waals surface area contributed by atoms with Crippen LogP contribution in [-0.4, -0.2) is 57.8 Å². The number of benzene rings is 2. The molecule has 0 spiro atoms. The normalized spacial score (nSPS) is 18.0. The van der Waals surface area contributed by atoms with Gasteiger partial charge in [0.2, 0.25) is 5.91 Å². The number of carbonyl (C=O) groups excluding carboxylic acids is 4. The molecule has 0 aliphatic carbocycles. The monoisotopic (exact) mass is 578 g/mol. The van der Waals surface area contributed by atoms with Gasteiger partial charge in [0, 0.05) is 11.5 Å². The molecule has 1 saturated heterocycles. The van der Waals surface area contributed by atoms with Crippen LogP contribution in [0.2, 0.25) is 0 Å². The Morgan fingerprint density at radius 1 is 1.05 bits per heavy atom. The van der Waals surface area contributed by atoms with Gasteiger partial charge >= 0.3 is 5.97 Å². The van der Waals surface area contributed by atoms with Crippen molar-refractivity contribution in [2.75, 3.05) is 18.6 Å². The molecule has 1 unspecified atom stereocenters. The highest BCUT2D eigenvalue weighted by Crippen LogP contribution is 2.41. The predicted molar refractivity (Wildman–Crippen MR) is 150 cm³/mol. The van der Waals surface area contributed by atoms with Crippen molar-refractivity contribution in [2.45, 2.75) is 24.4 Å². The Hall–Kier alpha value is -3.96. The number of rotatable bonds is 10. The van der Waals surface area contributed by atoms with Crippen LogP contribution >= 0.6 is 23.5 Å². The summed E-state index contributed by atoms with van der Waals surface area (Å²) in [6.07, 6.45) is 1.56. The molecule has 2 aliphatic heterocycles. The average Bonchev–Trinajstić information content (AvgIpc) is 3.53. The number of thioether (sulfide) groups is 2. The van der Waals surface area contributed by atoms with Gasteiger partial charge in [0.1, 0.15) is 29.5 Å². The third kappa shape index (κ3) is 6.10. The number of fused-ring (bicyclic) bond motifs is 1. The van der Waals surface area contributed by atoms with Gasteiger partial charge in [-0.3, -0.25) is 19.3 Å². The summed E-state index contributed by atoms with van der Waals surface area (Å²) in [5.74, 6) is 0.127. The summed E-state index contributed by atoms with van der Waals surface area (Å²) >= 11 is 2.42. The second-order valence-electron chi connectivity index (χ2n) is 9.05. The van der Waals surface area contributed by atoms with Gasteiger partial charge in [0.05, 0.1) is 19.8 Å². The molecule has 3 aromatic rings. The van der Waals surface area contributed by atoms with Crippen LogP contribution < -0.4 is 10.1 Å². The molecule has 206 valence electrons. The van der Waals surface area contributed by atoms with E-state index >= 15 is 0 Å². The number of methoxy groups -OCH3 is 1. The van der Waals surface area contributed by atoms with Crippen LogP contribution in [0.15, 0.2) is 88.7 Å². The number of furan rings is 1. The lowest BCUT2D eigenvalue weighted by molar-refractivity contribution is -0.153. The third-order valence-corrected chi connectivity index (χ3v) is 8.69. The first-order valence-electron chi connectivity index (χ1n) is 12.4. The molecular weight excluding hydrogens is 552 g/mol. The largest absolute Gasteiger partial charge is 0.497 e. The van der Waals surface area contributed by atoms with Crippen LogP contribution in [0.4, 0.5) is 0 Å². The van der Waals surface area contributed by atoms with Crippen LogP contribution in [0.1, 0.15) is 21.7 Å². The zero-order chi connectivity index (χ0) is 28.1. The molecule has 2 aromatic carbocycles. The van der Waals surface area contributed by atoms with E-state index in [0.29, 0.717) is 17.1 Å². The van der Waals surface area contributed by atoms with E-state index in [1.165, 1.54) is 22.9 Å². The lowest BCUT2D eigenvalue weighted by Crippen LogP contribution is -2.70. The Labute approximate surface area is 239 Å². The summed E-state index contributed by atoms with van der Waals surface area (Å²) in [7, 11) is 1.57. The number of esters is 1. The van der Waals surface area contributed by atoms with E-state index in [1.54, 1.807) is 43.5 Å². The highest BCUT2D eigenvalue weighted by molar-refractivity contribution is 8.14. The maximum atomic E-state index is 13.4. The van der Waals surface area contributed by atoms with Gasteiger partial charge in [-0.15, -0.1) is 11.8 Å². The Balaban J connectivity index is 1.30. The summed E-state index contributed by atoms with van der Waals surface area (Å²) in [5.41, 5.74) is 2.31. The van der Waals surface area contributed by atoms with Crippen molar-refractivity contribution in [3.63, 3.8) is 0 Å². The first kappa shape index (κ1) is 27.6. The summed E-state index contributed by atoms with van der Waals surface area (Å²) in [5, 5.41) is 2.08. The SMILES string of the molecule is COc1ccc(COC(=O)C2=C(CSC(=O)c3ccco3)CS[C@H]3C(NC(=O)Cc4ccccc4)C(=O)N23)cc1. The minimum absolute atomic E-state index is 0.00481. The van der Waals surface area contributed by atoms with Crippen LogP contribution in [0.5, 0.6) is 5.75 Å². The molecule has 0 radical (unpaired) electrons. The van der Waals surface area contributed by atoms with Crippen molar-refractivity contribution >= 4 is 46.4 Å². The van der Waals surface area contributed by atoms with Gasteiger partial charge < -0.3 is 19.2 Å². The average molecular weight is 579 g/mol. The van der Waals surface area contributed by atoms with Crippen molar-refractivity contribution in [1.29, 1.82) is 0 Å². The number of nitrogens with zero attached hydrogens (tertiary/aromatic N) is 1. The van der Waals surface area contributed by atoms with Gasteiger partial charge in [-0.2, -0.15) is 0 Å². The molecule has 3 heterocycles. The highest BCUT2D eigenvalue weighted by atomic mass is 32.2. The smallest absolute Gasteiger partial charge is 0.355 e. The lowest BCUT2D eigenvalue weighted by atomic mass is 10.0. The Bertz CT molecular complexity index is 1420. The van der Waals surface area contributed by atoms with E-state index in [9.17, 15) is 19.2 Å². The van der Waals surface area contributed by atoms with E-state index in [-0.39, 0.29) is 41.3 Å². The summed E-state index contributed by atoms with van der Waals surface area (Å²) < 4.78 is 15.9. The van der Waals surface area contributed by atoms with E-state index in [0.717, 1.165) is 22.9 Å². The van der Waals surface area contributed by atoms with Gasteiger partial charge in [0.15, 0.2) is 5.76 Å². The number of hydrogen-bond donors (Lipinski definition) is 1. The minimum atomic E-state index is -0.760. The molecule has 9 nitrogen and oxygen atoms in total. The van der Waals surface area contributed by atoms with Crippen molar-refractivity contribution in [3.05, 3.63) is 101 Å². The fourth-order valence-electron chi connectivity index (χ4n) is 4.35. The number of ether oxygens (including phenoxy) is 2. The van der Waals surface area contributed by atoms with Crippen molar-refractivity contribution < 1.29 is 33.1 Å². The topological polar surface area (TPSA) is 115 Å². The van der Waals surface area contributed by atoms with E-state index in [1.807, 2.05) is 30.3 Å². The van der Waals surface area contributed by atoms with Gasteiger partial charge in [-0.1, -0.05) is 54.2 Å². The fourth-order valence-corrected chi connectivity index (χ4v) is 6.62. The molecule has 1 fully saturated rings. The second-order valence-corrected chi connectivity index (χ2v) is 11.1. The Morgan fingerprint density at radius 3 is 2.52 bits per heavy atom. The van der Waals surface area contributed by atoms with Gasteiger partial charge in [-0.05, 0) is 41.0 Å². The number of hydrogen-bond acceptors (Lipinski definition) is 9. The number of β-lactam (4-membered cyclic amide) rings is 1. The van der Waals surface area contributed by atoms with Crippen LogP contribution in [-0.2, 0) is 32.1 Å². The number of amides is 2. The third-order valence-electron chi connectivity index (χ3n) is 6.39. The van der Waals surface area contributed by atoms with Gasteiger partial charge in [0.25, 0.3) is 11.0 Å². The summed E-state index contributed by atoms with van der Waals surface area (Å²) in [6.45, 7) is -0.00481. The predicted octanol–water partition coefficient (Wildman–Crippen LogP) is 3.80. The van der Waals surface area contributed by atoms with Crippen LogP contribution in [0.3, 0.4) is 0 Å². The maximum absolute atomic E-state index is 13.4. The van der Waals surface area contributed by atoms with Crippen LogP contribution in [0, 0.1) is 0 Å². The maximum Gasteiger partial charge on any atom is 0.355 e. The van der Waals surface area contributed by atoms with Crippen molar-refractivity contribution in [2.24, 2.45) is 0 Å². The molecule has 1 N–H and O–H groups in total. The molecule has 40 heavy (non-hydrogen) atoms. The first-order chi connectivity index (χ1) is 19.4. The van der Waals surface area contributed by atoms with Crippen LogP contribution in [0.25, 0.3) is 0 Å². The van der Waals surface area contributed by atoms with E-state index in [4.69, 9.17) is 13.9 Å². The molecule has 5 rings (SSSR count). The van der Waals surface area contributed by atoms with Crippen molar-refractivity contribution in [1.82, 2.24) is 10.2 Å². The zero-order valence-electron chi connectivity index (χ0n) is 21.5. The molecule has 0 saturated carbocycles. The number of nitrogens with one attached hydrogen (secondary N) is 1. The molecule has 0 bridgehead atoms. The molecular formula is C29H26N2O7S2. The second kappa shape index (κ2) is 12.5. The zero-order valence-corrected chi connectivity index (χ0v) is 23.2. The quantitative estimate of drug-likeness (QED) is 0.283. The minimum Gasteiger partial charge on any atom is -0.497 e. The lowest BCUT2D eigenvalue weighted by Gasteiger charge is -2.49. The molecule has 1 aromatic heterocycles. The van der Waals surface area contributed by atoms with Crippen molar-refractivity contribution in [3.8, 4) is 5.75 Å². The Morgan fingerprint density at radius 2 is 1.82 bits per heavy atom. The summed E-state index contributed by atoms with van der Waals surface area (Å²) in [6, 6.07) is 18.8.